The van der Waals surface area contributed by atoms with E-state index >= 15 is 0 Å². The molecule has 0 radical (unpaired) electrons. The van der Waals surface area contributed by atoms with Crippen molar-refractivity contribution in [3.8, 4) is 56.2 Å². The number of rotatable bonds is 5. The molecular weight excluding hydrogens is 460 g/mol. The summed E-state index contributed by atoms with van der Waals surface area (Å²) in [5.41, 5.74) is 12.3. The minimum absolute atomic E-state index is 0.726. The van der Waals surface area contributed by atoms with Gasteiger partial charge in [-0.3, -0.25) is 0 Å². The maximum atomic E-state index is 4.98. The molecule has 0 aliphatic rings. The summed E-state index contributed by atoms with van der Waals surface area (Å²) in [6.45, 7) is 4.25. The number of benzene rings is 5. The SMILES string of the molecule is Cc1cccc(-c2ccc(-c3cc(-c4ccc(-c5cccc(C)c5)cc4)nc(-c4ccccc4)n3)cc2)c1. The zero-order valence-corrected chi connectivity index (χ0v) is 21.6. The van der Waals surface area contributed by atoms with Crippen LogP contribution in [0.1, 0.15) is 11.1 Å². The Bertz CT molecular complexity index is 1590. The molecule has 0 N–H and O–H groups in total. The van der Waals surface area contributed by atoms with E-state index in [2.05, 4.69) is 129 Å². The molecule has 0 spiro atoms. The Balaban J connectivity index is 1.40. The van der Waals surface area contributed by atoms with Crippen LogP contribution < -0.4 is 0 Å². The Hall–Kier alpha value is -4.82. The van der Waals surface area contributed by atoms with Gasteiger partial charge in [-0.2, -0.15) is 0 Å². The Morgan fingerprint density at radius 3 is 1.21 bits per heavy atom. The average Bonchev–Trinajstić information content (AvgIpc) is 2.97. The van der Waals surface area contributed by atoms with Crippen LogP contribution in [0.15, 0.2) is 133 Å². The highest BCUT2D eigenvalue weighted by Crippen LogP contribution is 2.31. The lowest BCUT2D eigenvalue weighted by molar-refractivity contribution is 1.18. The second-order valence-electron chi connectivity index (χ2n) is 9.72. The molecule has 0 unspecified atom stereocenters. The van der Waals surface area contributed by atoms with Crippen LogP contribution in [-0.4, -0.2) is 9.97 Å². The van der Waals surface area contributed by atoms with Gasteiger partial charge < -0.3 is 0 Å². The van der Waals surface area contributed by atoms with E-state index < -0.39 is 0 Å². The van der Waals surface area contributed by atoms with Crippen molar-refractivity contribution in [1.29, 1.82) is 0 Å². The van der Waals surface area contributed by atoms with Crippen molar-refractivity contribution >= 4 is 0 Å². The summed E-state index contributed by atoms with van der Waals surface area (Å²) in [6.07, 6.45) is 0. The highest BCUT2D eigenvalue weighted by Gasteiger charge is 2.11. The lowest BCUT2D eigenvalue weighted by Gasteiger charge is -2.11. The summed E-state index contributed by atoms with van der Waals surface area (Å²) in [6, 6.07) is 46.8. The van der Waals surface area contributed by atoms with Crippen molar-refractivity contribution in [2.24, 2.45) is 0 Å². The first-order chi connectivity index (χ1) is 18.6. The summed E-state index contributed by atoms with van der Waals surface area (Å²) in [7, 11) is 0. The van der Waals surface area contributed by atoms with Crippen LogP contribution in [0.2, 0.25) is 0 Å². The minimum Gasteiger partial charge on any atom is -0.228 e. The number of aryl methyl sites for hydroxylation is 2. The quantitative estimate of drug-likeness (QED) is 0.241. The molecule has 0 saturated heterocycles. The van der Waals surface area contributed by atoms with Gasteiger partial charge in [-0.25, -0.2) is 9.97 Å². The van der Waals surface area contributed by atoms with Crippen LogP contribution in [0.4, 0.5) is 0 Å². The van der Waals surface area contributed by atoms with Gasteiger partial charge >= 0.3 is 0 Å². The van der Waals surface area contributed by atoms with Gasteiger partial charge in [0.1, 0.15) is 0 Å². The van der Waals surface area contributed by atoms with Crippen LogP contribution in [-0.2, 0) is 0 Å². The van der Waals surface area contributed by atoms with E-state index in [0.717, 1.165) is 33.9 Å². The molecule has 6 rings (SSSR count). The van der Waals surface area contributed by atoms with Gasteiger partial charge in [-0.15, -0.1) is 0 Å². The zero-order valence-electron chi connectivity index (χ0n) is 21.6. The highest BCUT2D eigenvalue weighted by atomic mass is 14.9. The fourth-order valence-electron chi connectivity index (χ4n) is 4.78. The van der Waals surface area contributed by atoms with Crippen LogP contribution in [0.5, 0.6) is 0 Å². The number of hydrogen-bond donors (Lipinski definition) is 0. The lowest BCUT2D eigenvalue weighted by Crippen LogP contribution is -1.96. The third-order valence-electron chi connectivity index (χ3n) is 6.82. The molecule has 0 bridgehead atoms. The molecule has 1 heterocycles. The second-order valence-corrected chi connectivity index (χ2v) is 9.72. The van der Waals surface area contributed by atoms with Crippen molar-refractivity contribution in [1.82, 2.24) is 9.97 Å². The topological polar surface area (TPSA) is 25.8 Å². The third kappa shape index (κ3) is 5.02. The van der Waals surface area contributed by atoms with Gasteiger partial charge in [0, 0.05) is 16.7 Å². The van der Waals surface area contributed by atoms with E-state index in [4.69, 9.17) is 9.97 Å². The van der Waals surface area contributed by atoms with E-state index in [1.165, 1.54) is 33.4 Å². The van der Waals surface area contributed by atoms with Crippen molar-refractivity contribution in [2.45, 2.75) is 13.8 Å². The Labute approximate surface area is 224 Å². The van der Waals surface area contributed by atoms with Crippen LogP contribution >= 0.6 is 0 Å². The molecule has 0 atom stereocenters. The molecule has 6 aromatic rings. The van der Waals surface area contributed by atoms with Crippen molar-refractivity contribution in [3.05, 3.63) is 145 Å². The fourth-order valence-corrected chi connectivity index (χ4v) is 4.78. The summed E-state index contributed by atoms with van der Waals surface area (Å²) >= 11 is 0. The molecule has 0 aliphatic carbocycles. The number of hydrogen-bond acceptors (Lipinski definition) is 2. The van der Waals surface area contributed by atoms with E-state index in [-0.39, 0.29) is 0 Å². The standard InChI is InChI=1S/C36H28N2/c1-25-8-6-12-32(22-25)27-14-18-29(19-15-27)34-24-35(38-36(37-34)31-10-4-3-5-11-31)30-20-16-28(17-21-30)33-13-7-9-26(2)23-33/h3-24H,1-2H3. The first-order valence-electron chi connectivity index (χ1n) is 12.9. The number of nitrogens with zero attached hydrogens (tertiary/aromatic N) is 2. The van der Waals surface area contributed by atoms with Crippen LogP contribution in [0.3, 0.4) is 0 Å². The van der Waals surface area contributed by atoms with Gasteiger partial charge in [0.25, 0.3) is 0 Å². The van der Waals surface area contributed by atoms with Crippen LogP contribution in [0.25, 0.3) is 56.2 Å². The van der Waals surface area contributed by atoms with Crippen LogP contribution in [0, 0.1) is 13.8 Å². The normalized spacial score (nSPS) is 10.9. The molecule has 0 fully saturated rings. The summed E-state index contributed by atoms with van der Waals surface area (Å²) in [4.78, 5) is 9.96. The van der Waals surface area contributed by atoms with Crippen molar-refractivity contribution < 1.29 is 0 Å². The predicted molar refractivity (Wildman–Crippen MR) is 159 cm³/mol. The van der Waals surface area contributed by atoms with Gasteiger partial charge in [-0.1, -0.05) is 139 Å². The molecule has 0 amide bonds. The Morgan fingerprint density at radius 1 is 0.342 bits per heavy atom. The summed E-state index contributed by atoms with van der Waals surface area (Å²) in [5, 5.41) is 0. The largest absolute Gasteiger partial charge is 0.228 e. The van der Waals surface area contributed by atoms with Gasteiger partial charge in [0.05, 0.1) is 11.4 Å². The van der Waals surface area contributed by atoms with E-state index in [9.17, 15) is 0 Å². The molecule has 5 aromatic carbocycles. The molecule has 2 nitrogen and oxygen atoms in total. The summed E-state index contributed by atoms with van der Waals surface area (Å²) in [5.74, 6) is 0.726. The minimum atomic E-state index is 0.726. The predicted octanol–water partition coefficient (Wildman–Crippen LogP) is 9.43. The first-order valence-corrected chi connectivity index (χ1v) is 12.9. The molecule has 0 saturated carbocycles. The second kappa shape index (κ2) is 10.3. The molecule has 2 heteroatoms. The Kier molecular flexibility index (Phi) is 6.37. The smallest absolute Gasteiger partial charge is 0.160 e. The monoisotopic (exact) mass is 488 g/mol. The average molecular weight is 489 g/mol. The van der Waals surface area contributed by atoms with E-state index in [0.29, 0.717) is 0 Å². The molecular formula is C36H28N2. The number of aromatic nitrogens is 2. The van der Waals surface area contributed by atoms with Gasteiger partial charge in [-0.05, 0) is 42.2 Å². The van der Waals surface area contributed by atoms with E-state index in [1.54, 1.807) is 0 Å². The van der Waals surface area contributed by atoms with E-state index in [1.807, 2.05) is 18.2 Å². The molecule has 1 aromatic heterocycles. The first kappa shape index (κ1) is 23.6. The molecule has 0 aliphatic heterocycles. The maximum Gasteiger partial charge on any atom is 0.160 e. The lowest BCUT2D eigenvalue weighted by atomic mass is 9.99. The fraction of sp³-hybridized carbons (Fsp3) is 0.0556. The maximum absolute atomic E-state index is 4.98. The molecule has 38 heavy (non-hydrogen) atoms. The summed E-state index contributed by atoms with van der Waals surface area (Å²) < 4.78 is 0. The zero-order chi connectivity index (χ0) is 25.9. The van der Waals surface area contributed by atoms with Gasteiger partial charge in [0.15, 0.2) is 5.82 Å². The Morgan fingerprint density at radius 2 is 0.763 bits per heavy atom. The molecule has 182 valence electrons. The highest BCUT2D eigenvalue weighted by molar-refractivity contribution is 5.75. The van der Waals surface area contributed by atoms with Gasteiger partial charge in [0.2, 0.25) is 0 Å². The third-order valence-corrected chi connectivity index (χ3v) is 6.82. The van der Waals surface area contributed by atoms with Crippen molar-refractivity contribution in [3.63, 3.8) is 0 Å². The van der Waals surface area contributed by atoms with Crippen molar-refractivity contribution in [2.75, 3.05) is 0 Å².